The van der Waals surface area contributed by atoms with Crippen molar-refractivity contribution in [2.45, 2.75) is 33.2 Å². The fraction of sp³-hybridized carbons (Fsp3) is 0.429. The van der Waals surface area contributed by atoms with E-state index in [1.807, 2.05) is 26.2 Å². The first-order valence-corrected chi connectivity index (χ1v) is 7.75. The third-order valence-electron chi connectivity index (χ3n) is 3.59. The van der Waals surface area contributed by atoms with E-state index in [-0.39, 0.29) is 11.6 Å². The van der Waals surface area contributed by atoms with E-state index < -0.39 is 0 Å². The number of thiazole rings is 1. The van der Waals surface area contributed by atoms with Crippen molar-refractivity contribution in [2.75, 3.05) is 0 Å². The van der Waals surface area contributed by atoms with Gasteiger partial charge in [0.15, 0.2) is 5.52 Å². The van der Waals surface area contributed by atoms with Gasteiger partial charge in [0.1, 0.15) is 10.5 Å². The van der Waals surface area contributed by atoms with E-state index in [1.54, 1.807) is 34.0 Å². The summed E-state index contributed by atoms with van der Waals surface area (Å²) >= 11 is 1.56. The predicted molar refractivity (Wildman–Crippen MR) is 82.8 cm³/mol. The second-order valence-corrected chi connectivity index (χ2v) is 5.97. The molecule has 0 aliphatic heterocycles. The highest BCUT2D eigenvalue weighted by atomic mass is 32.1. The standard InChI is InChI=1S/C14H17N5OS/c1-5-10-11-12(18(4)17-10)14(20)19(7-15-11)9(3)13-16-8(2)6-21-13/h6-7,9H,5H2,1-4H3/t9-/m1/s1. The van der Waals surface area contributed by atoms with Gasteiger partial charge in [0, 0.05) is 18.1 Å². The minimum absolute atomic E-state index is 0.0740. The predicted octanol–water partition coefficient (Wildman–Crippen LogP) is 2.07. The average Bonchev–Trinajstić information content (AvgIpc) is 3.03. The van der Waals surface area contributed by atoms with Gasteiger partial charge in [-0.15, -0.1) is 11.3 Å². The van der Waals surface area contributed by atoms with Gasteiger partial charge in [-0.1, -0.05) is 6.92 Å². The maximum Gasteiger partial charge on any atom is 0.280 e. The van der Waals surface area contributed by atoms with Gasteiger partial charge in [0.05, 0.1) is 18.1 Å². The van der Waals surface area contributed by atoms with Crippen LogP contribution in [0.3, 0.4) is 0 Å². The molecule has 1 atom stereocenters. The molecule has 21 heavy (non-hydrogen) atoms. The van der Waals surface area contributed by atoms with Crippen LogP contribution in [0, 0.1) is 6.92 Å². The van der Waals surface area contributed by atoms with Gasteiger partial charge in [-0.2, -0.15) is 5.10 Å². The quantitative estimate of drug-likeness (QED) is 0.743. The lowest BCUT2D eigenvalue weighted by molar-refractivity contribution is 0.600. The van der Waals surface area contributed by atoms with Gasteiger partial charge >= 0.3 is 0 Å². The van der Waals surface area contributed by atoms with E-state index in [0.29, 0.717) is 11.0 Å². The molecule has 0 amide bonds. The van der Waals surface area contributed by atoms with Crippen LogP contribution in [-0.4, -0.2) is 24.3 Å². The van der Waals surface area contributed by atoms with Crippen molar-refractivity contribution in [3.8, 4) is 0 Å². The molecule has 0 bridgehead atoms. The summed E-state index contributed by atoms with van der Waals surface area (Å²) in [6, 6.07) is -0.131. The second kappa shape index (κ2) is 5.07. The molecule has 6 nitrogen and oxygen atoms in total. The van der Waals surface area contributed by atoms with Gasteiger partial charge in [-0.3, -0.25) is 14.0 Å². The highest BCUT2D eigenvalue weighted by Gasteiger charge is 2.18. The highest BCUT2D eigenvalue weighted by Crippen LogP contribution is 2.21. The molecule has 3 heterocycles. The molecule has 0 aromatic carbocycles. The summed E-state index contributed by atoms with van der Waals surface area (Å²) in [6.45, 7) is 5.92. The first-order valence-electron chi connectivity index (χ1n) is 6.87. The Hall–Kier alpha value is -2.02. The lowest BCUT2D eigenvalue weighted by Crippen LogP contribution is -2.25. The summed E-state index contributed by atoms with van der Waals surface area (Å²) in [5, 5.41) is 7.27. The molecule has 110 valence electrons. The molecule has 3 aromatic heterocycles. The number of aryl methyl sites for hydroxylation is 3. The Morgan fingerprint density at radius 2 is 2.19 bits per heavy atom. The van der Waals surface area contributed by atoms with Crippen molar-refractivity contribution >= 4 is 22.4 Å². The molecule has 0 aliphatic carbocycles. The average molecular weight is 303 g/mol. The van der Waals surface area contributed by atoms with E-state index in [9.17, 15) is 4.79 Å². The van der Waals surface area contributed by atoms with Crippen molar-refractivity contribution < 1.29 is 0 Å². The number of rotatable bonds is 3. The third kappa shape index (κ3) is 2.17. The number of hydrogen-bond acceptors (Lipinski definition) is 5. The number of fused-ring (bicyclic) bond motifs is 1. The minimum Gasteiger partial charge on any atom is -0.288 e. The van der Waals surface area contributed by atoms with Crippen LogP contribution in [0.4, 0.5) is 0 Å². The molecule has 0 N–H and O–H groups in total. The largest absolute Gasteiger partial charge is 0.288 e. The van der Waals surface area contributed by atoms with Crippen LogP contribution >= 0.6 is 11.3 Å². The van der Waals surface area contributed by atoms with Crippen LogP contribution in [0.1, 0.15) is 36.3 Å². The van der Waals surface area contributed by atoms with Crippen LogP contribution < -0.4 is 5.56 Å². The van der Waals surface area contributed by atoms with E-state index in [4.69, 9.17) is 0 Å². The molecule has 0 saturated carbocycles. The number of hydrogen-bond donors (Lipinski definition) is 0. The topological polar surface area (TPSA) is 65.6 Å². The molecule has 7 heteroatoms. The molecule has 0 aliphatic rings. The SMILES string of the molecule is CCc1nn(C)c2c(=O)n([C@H](C)c3nc(C)cs3)cnc12. The van der Waals surface area contributed by atoms with Crippen molar-refractivity contribution in [3.05, 3.63) is 38.5 Å². The lowest BCUT2D eigenvalue weighted by atomic mass is 10.3. The molecular weight excluding hydrogens is 286 g/mol. The normalized spacial score (nSPS) is 13.0. The Kier molecular flexibility index (Phi) is 3.36. The zero-order valence-corrected chi connectivity index (χ0v) is 13.3. The molecular formula is C14H17N5OS. The minimum atomic E-state index is -0.131. The summed E-state index contributed by atoms with van der Waals surface area (Å²) in [5.74, 6) is 0. The first-order chi connectivity index (χ1) is 10.0. The molecule has 0 radical (unpaired) electrons. The van der Waals surface area contributed by atoms with Gasteiger partial charge in [0.2, 0.25) is 0 Å². The fourth-order valence-electron chi connectivity index (χ4n) is 2.44. The summed E-state index contributed by atoms with van der Waals surface area (Å²) in [5.41, 5.74) is 3.00. The molecule has 0 unspecified atom stereocenters. The molecule has 0 fully saturated rings. The van der Waals surface area contributed by atoms with Crippen LogP contribution in [0.2, 0.25) is 0 Å². The van der Waals surface area contributed by atoms with Crippen LogP contribution in [0.15, 0.2) is 16.5 Å². The third-order valence-corrected chi connectivity index (χ3v) is 4.72. The summed E-state index contributed by atoms with van der Waals surface area (Å²) in [6.07, 6.45) is 2.36. The van der Waals surface area contributed by atoms with E-state index in [1.165, 1.54) is 0 Å². The van der Waals surface area contributed by atoms with Crippen molar-refractivity contribution in [2.24, 2.45) is 7.05 Å². The molecule has 3 rings (SSSR count). The Morgan fingerprint density at radius 1 is 1.43 bits per heavy atom. The second-order valence-electron chi connectivity index (χ2n) is 5.08. The summed E-state index contributed by atoms with van der Waals surface area (Å²) < 4.78 is 3.25. The smallest absolute Gasteiger partial charge is 0.280 e. The Balaban J connectivity index is 2.18. The van der Waals surface area contributed by atoms with Gasteiger partial charge in [-0.25, -0.2) is 9.97 Å². The van der Waals surface area contributed by atoms with Gasteiger partial charge in [0.25, 0.3) is 5.56 Å². The zero-order valence-electron chi connectivity index (χ0n) is 12.5. The van der Waals surface area contributed by atoms with Crippen LogP contribution in [-0.2, 0) is 13.5 Å². The van der Waals surface area contributed by atoms with Gasteiger partial charge < -0.3 is 0 Å². The highest BCUT2D eigenvalue weighted by molar-refractivity contribution is 7.09. The maximum absolute atomic E-state index is 12.7. The molecule has 3 aromatic rings. The number of aromatic nitrogens is 5. The first kappa shape index (κ1) is 13.9. The van der Waals surface area contributed by atoms with Crippen molar-refractivity contribution in [1.82, 2.24) is 24.3 Å². The zero-order chi connectivity index (χ0) is 15.1. The summed E-state index contributed by atoms with van der Waals surface area (Å²) in [7, 11) is 1.78. The number of nitrogens with zero attached hydrogens (tertiary/aromatic N) is 5. The fourth-order valence-corrected chi connectivity index (χ4v) is 3.29. The Morgan fingerprint density at radius 3 is 2.81 bits per heavy atom. The van der Waals surface area contributed by atoms with Crippen LogP contribution in [0.5, 0.6) is 0 Å². The van der Waals surface area contributed by atoms with Crippen LogP contribution in [0.25, 0.3) is 11.0 Å². The lowest BCUT2D eigenvalue weighted by Gasteiger charge is -2.12. The van der Waals surface area contributed by atoms with Gasteiger partial charge in [-0.05, 0) is 20.3 Å². The van der Waals surface area contributed by atoms with E-state index in [2.05, 4.69) is 15.1 Å². The Labute approximate surface area is 126 Å². The maximum atomic E-state index is 12.7. The Bertz CT molecular complexity index is 860. The van der Waals surface area contributed by atoms with E-state index in [0.717, 1.165) is 22.8 Å². The summed E-state index contributed by atoms with van der Waals surface area (Å²) in [4.78, 5) is 21.6. The monoisotopic (exact) mass is 303 g/mol. The van der Waals surface area contributed by atoms with E-state index >= 15 is 0 Å². The van der Waals surface area contributed by atoms with Crippen molar-refractivity contribution in [3.63, 3.8) is 0 Å². The molecule has 0 spiro atoms. The molecule has 0 saturated heterocycles. The van der Waals surface area contributed by atoms with Crippen molar-refractivity contribution in [1.29, 1.82) is 0 Å².